The third-order valence-electron chi connectivity index (χ3n) is 3.78. The van der Waals surface area contributed by atoms with E-state index in [-0.39, 0.29) is 12.0 Å². The summed E-state index contributed by atoms with van der Waals surface area (Å²) in [5.74, 6) is 0.638. The van der Waals surface area contributed by atoms with Gasteiger partial charge in [0.2, 0.25) is 0 Å². The number of aryl methyl sites for hydroxylation is 1. The Morgan fingerprint density at radius 2 is 1.79 bits per heavy atom. The van der Waals surface area contributed by atoms with Gasteiger partial charge in [-0.05, 0) is 43.4 Å². The lowest BCUT2D eigenvalue weighted by Gasteiger charge is -2.18. The van der Waals surface area contributed by atoms with Gasteiger partial charge in [0.25, 0.3) is 0 Å². The van der Waals surface area contributed by atoms with Crippen molar-refractivity contribution in [1.29, 1.82) is 0 Å². The van der Waals surface area contributed by atoms with Gasteiger partial charge in [0.05, 0.1) is 14.2 Å². The smallest absolute Gasteiger partial charge is 0.317 e. The summed E-state index contributed by atoms with van der Waals surface area (Å²) in [6.07, 6.45) is 3.69. The van der Waals surface area contributed by atoms with Gasteiger partial charge in [-0.1, -0.05) is 12.1 Å². The first-order valence-corrected chi connectivity index (χ1v) is 8.25. The number of ether oxygens (including phenoxy) is 2. The van der Waals surface area contributed by atoms with E-state index in [1.165, 1.54) is 12.7 Å². The summed E-state index contributed by atoms with van der Waals surface area (Å²) in [5, 5.41) is 2.86. The number of benzene rings is 1. The van der Waals surface area contributed by atoms with E-state index in [9.17, 15) is 9.59 Å². The van der Waals surface area contributed by atoms with Crippen molar-refractivity contribution in [3.63, 3.8) is 0 Å². The van der Waals surface area contributed by atoms with Crippen LogP contribution in [0.5, 0.6) is 5.75 Å². The highest BCUT2D eigenvalue weighted by Crippen LogP contribution is 2.12. The van der Waals surface area contributed by atoms with Crippen molar-refractivity contribution in [1.82, 2.24) is 10.2 Å². The molecule has 134 valence electrons. The summed E-state index contributed by atoms with van der Waals surface area (Å²) in [4.78, 5) is 24.6. The Morgan fingerprint density at radius 1 is 1.08 bits per heavy atom. The van der Waals surface area contributed by atoms with Crippen molar-refractivity contribution in [2.45, 2.75) is 32.1 Å². The van der Waals surface area contributed by atoms with Gasteiger partial charge in [0.1, 0.15) is 5.75 Å². The van der Waals surface area contributed by atoms with Gasteiger partial charge in [-0.2, -0.15) is 0 Å². The minimum absolute atomic E-state index is 0.0807. The number of rotatable bonds is 10. The Kier molecular flexibility index (Phi) is 9.34. The standard InChI is InChI=1S/C18H28N2O4/c1-20(18(22)19-13-5-4-8-17(21)24-3)14-6-7-15-9-11-16(23-2)12-10-15/h9-12H,4-8,13-14H2,1-3H3,(H,19,22). The molecule has 0 aromatic heterocycles. The Labute approximate surface area is 144 Å². The highest BCUT2D eigenvalue weighted by Gasteiger charge is 2.07. The molecule has 0 spiro atoms. The summed E-state index contributed by atoms with van der Waals surface area (Å²) in [6, 6.07) is 7.89. The summed E-state index contributed by atoms with van der Waals surface area (Å²) in [6.45, 7) is 1.26. The Morgan fingerprint density at radius 3 is 2.42 bits per heavy atom. The van der Waals surface area contributed by atoms with Crippen LogP contribution in [0.2, 0.25) is 0 Å². The van der Waals surface area contributed by atoms with Gasteiger partial charge in [-0.3, -0.25) is 4.79 Å². The lowest BCUT2D eigenvalue weighted by Crippen LogP contribution is -2.38. The maximum atomic E-state index is 11.9. The van der Waals surface area contributed by atoms with Crippen molar-refractivity contribution in [2.75, 3.05) is 34.4 Å². The molecule has 0 saturated heterocycles. The zero-order valence-electron chi connectivity index (χ0n) is 14.8. The second kappa shape index (κ2) is 11.3. The average molecular weight is 336 g/mol. The fourth-order valence-electron chi connectivity index (χ4n) is 2.24. The number of hydrogen-bond acceptors (Lipinski definition) is 4. The molecular formula is C18H28N2O4. The topological polar surface area (TPSA) is 67.9 Å². The van der Waals surface area contributed by atoms with E-state index in [1.54, 1.807) is 19.1 Å². The lowest BCUT2D eigenvalue weighted by molar-refractivity contribution is -0.140. The number of amides is 2. The van der Waals surface area contributed by atoms with Crippen molar-refractivity contribution in [3.8, 4) is 5.75 Å². The highest BCUT2D eigenvalue weighted by molar-refractivity contribution is 5.73. The number of urea groups is 1. The molecule has 0 bridgehead atoms. The van der Waals surface area contributed by atoms with Crippen LogP contribution < -0.4 is 10.1 Å². The van der Waals surface area contributed by atoms with Crippen LogP contribution in [-0.4, -0.2) is 51.3 Å². The number of hydrogen-bond donors (Lipinski definition) is 1. The molecule has 0 saturated carbocycles. The predicted octanol–water partition coefficient (Wildman–Crippen LogP) is 2.61. The first kappa shape index (κ1) is 19.8. The third kappa shape index (κ3) is 7.85. The molecule has 0 aliphatic carbocycles. The van der Waals surface area contributed by atoms with Gasteiger partial charge in [0.15, 0.2) is 0 Å². The van der Waals surface area contributed by atoms with Crippen LogP contribution in [0.25, 0.3) is 0 Å². The van der Waals surface area contributed by atoms with Gasteiger partial charge in [-0.25, -0.2) is 4.79 Å². The molecule has 1 aromatic rings. The van der Waals surface area contributed by atoms with E-state index in [0.29, 0.717) is 25.9 Å². The molecule has 1 rings (SSSR count). The quantitative estimate of drug-likeness (QED) is 0.527. The van der Waals surface area contributed by atoms with Crippen LogP contribution in [0.15, 0.2) is 24.3 Å². The normalized spacial score (nSPS) is 10.1. The molecule has 0 unspecified atom stereocenters. The molecule has 1 N–H and O–H groups in total. The fraction of sp³-hybridized carbons (Fsp3) is 0.556. The van der Waals surface area contributed by atoms with Crippen molar-refractivity contribution in [2.24, 2.45) is 0 Å². The van der Waals surface area contributed by atoms with E-state index in [2.05, 4.69) is 10.1 Å². The number of nitrogens with zero attached hydrogens (tertiary/aromatic N) is 1. The third-order valence-corrected chi connectivity index (χ3v) is 3.78. The fourth-order valence-corrected chi connectivity index (χ4v) is 2.24. The van der Waals surface area contributed by atoms with E-state index < -0.39 is 0 Å². The van der Waals surface area contributed by atoms with Crippen molar-refractivity contribution >= 4 is 12.0 Å². The average Bonchev–Trinajstić information content (AvgIpc) is 2.61. The summed E-state index contributed by atoms with van der Waals surface area (Å²) < 4.78 is 9.70. The Balaban J connectivity index is 2.13. The van der Waals surface area contributed by atoms with E-state index >= 15 is 0 Å². The zero-order chi connectivity index (χ0) is 17.8. The van der Waals surface area contributed by atoms with Crippen LogP contribution in [0.4, 0.5) is 4.79 Å². The predicted molar refractivity (Wildman–Crippen MR) is 93.2 cm³/mol. The van der Waals surface area contributed by atoms with Gasteiger partial charge in [0, 0.05) is 26.6 Å². The number of carbonyl (C=O) groups excluding carboxylic acids is 2. The molecule has 24 heavy (non-hydrogen) atoms. The minimum Gasteiger partial charge on any atom is -0.497 e. The maximum Gasteiger partial charge on any atom is 0.317 e. The molecule has 6 nitrogen and oxygen atoms in total. The van der Waals surface area contributed by atoms with E-state index in [4.69, 9.17) is 4.74 Å². The van der Waals surface area contributed by atoms with Crippen LogP contribution in [-0.2, 0) is 16.0 Å². The van der Waals surface area contributed by atoms with Crippen LogP contribution in [0.1, 0.15) is 31.2 Å². The first-order chi connectivity index (χ1) is 11.6. The minimum atomic E-state index is -0.211. The summed E-state index contributed by atoms with van der Waals surface area (Å²) in [7, 11) is 4.82. The summed E-state index contributed by atoms with van der Waals surface area (Å²) in [5.41, 5.74) is 1.23. The second-order valence-corrected chi connectivity index (χ2v) is 5.64. The van der Waals surface area contributed by atoms with Gasteiger partial charge in [-0.15, -0.1) is 0 Å². The molecule has 0 aliphatic heterocycles. The largest absolute Gasteiger partial charge is 0.497 e. The number of nitrogens with one attached hydrogen (secondary N) is 1. The number of unbranched alkanes of at least 4 members (excludes halogenated alkanes) is 1. The molecule has 0 aliphatic rings. The molecule has 2 amide bonds. The van der Waals surface area contributed by atoms with Crippen molar-refractivity contribution in [3.05, 3.63) is 29.8 Å². The summed E-state index contributed by atoms with van der Waals surface area (Å²) >= 11 is 0. The van der Waals surface area contributed by atoms with E-state index in [0.717, 1.165) is 25.0 Å². The van der Waals surface area contributed by atoms with Crippen LogP contribution in [0, 0.1) is 0 Å². The molecule has 6 heteroatoms. The van der Waals surface area contributed by atoms with Crippen LogP contribution in [0.3, 0.4) is 0 Å². The lowest BCUT2D eigenvalue weighted by atomic mass is 10.1. The molecule has 0 atom stereocenters. The maximum absolute atomic E-state index is 11.9. The van der Waals surface area contributed by atoms with Crippen LogP contribution >= 0.6 is 0 Å². The Bertz CT molecular complexity index is 502. The monoisotopic (exact) mass is 336 g/mol. The second-order valence-electron chi connectivity index (χ2n) is 5.64. The van der Waals surface area contributed by atoms with Crippen molar-refractivity contribution < 1.29 is 19.1 Å². The SMILES string of the molecule is COC(=O)CCCCNC(=O)N(C)CCCc1ccc(OC)cc1. The first-order valence-electron chi connectivity index (χ1n) is 8.25. The molecule has 0 radical (unpaired) electrons. The number of methoxy groups -OCH3 is 2. The van der Waals surface area contributed by atoms with E-state index in [1.807, 2.05) is 24.3 Å². The molecule has 0 fully saturated rings. The molecule has 1 aromatic carbocycles. The molecular weight excluding hydrogens is 308 g/mol. The Hall–Kier alpha value is -2.24. The van der Waals surface area contributed by atoms with Gasteiger partial charge >= 0.3 is 12.0 Å². The molecule has 0 heterocycles. The number of esters is 1. The van der Waals surface area contributed by atoms with Gasteiger partial charge < -0.3 is 19.7 Å². The highest BCUT2D eigenvalue weighted by atomic mass is 16.5. The zero-order valence-corrected chi connectivity index (χ0v) is 14.8. The number of carbonyl (C=O) groups is 2.